The highest BCUT2D eigenvalue weighted by molar-refractivity contribution is 6.31. The molecule has 0 saturated carbocycles. The third-order valence-corrected chi connectivity index (χ3v) is 5.74. The molecular formula is C23H23ClN4O5. The lowest BCUT2D eigenvalue weighted by Crippen LogP contribution is -2.46. The summed E-state index contributed by atoms with van der Waals surface area (Å²) in [4.78, 5) is 39.4. The first-order chi connectivity index (χ1) is 16.0. The summed E-state index contributed by atoms with van der Waals surface area (Å²) in [6.07, 6.45) is 1.64. The van der Waals surface area contributed by atoms with E-state index in [0.29, 0.717) is 28.6 Å². The van der Waals surface area contributed by atoms with Crippen LogP contribution in [0, 0.1) is 0 Å². The van der Waals surface area contributed by atoms with Gasteiger partial charge in [-0.3, -0.25) is 14.2 Å². The van der Waals surface area contributed by atoms with Crippen LogP contribution in [0.3, 0.4) is 0 Å². The van der Waals surface area contributed by atoms with E-state index in [2.05, 4.69) is 10.4 Å². The lowest BCUT2D eigenvalue weighted by Gasteiger charge is -2.14. The minimum atomic E-state index is -0.802. The molecule has 10 heteroatoms. The first-order valence-corrected chi connectivity index (χ1v) is 10.9. The van der Waals surface area contributed by atoms with Crippen LogP contribution in [-0.4, -0.2) is 46.6 Å². The molecule has 2 heterocycles. The Kier molecular flexibility index (Phi) is 6.90. The summed E-state index contributed by atoms with van der Waals surface area (Å²) < 4.78 is 12.7. The summed E-state index contributed by atoms with van der Waals surface area (Å²) in [5.41, 5.74) is -0.997. The van der Waals surface area contributed by atoms with Crippen molar-refractivity contribution in [2.45, 2.75) is 25.5 Å². The maximum Gasteiger partial charge on any atom is 0.352 e. The molecule has 33 heavy (non-hydrogen) atoms. The zero-order chi connectivity index (χ0) is 23.4. The number of carbonyl (C=O) groups is 1. The van der Waals surface area contributed by atoms with Gasteiger partial charge in [0, 0.05) is 24.2 Å². The number of amides is 1. The molecule has 172 valence electrons. The number of rotatable bonds is 7. The molecule has 0 spiro atoms. The number of hydrogen-bond acceptors (Lipinski definition) is 6. The van der Waals surface area contributed by atoms with Crippen LogP contribution in [0.15, 0.2) is 58.1 Å². The molecule has 1 amide bonds. The highest BCUT2D eigenvalue weighted by Crippen LogP contribution is 2.16. The Balaban J connectivity index is 1.79. The highest BCUT2D eigenvalue weighted by atomic mass is 35.5. The zero-order valence-electron chi connectivity index (χ0n) is 18.0. The second-order valence-corrected chi connectivity index (χ2v) is 7.98. The second-order valence-electron chi connectivity index (χ2n) is 7.57. The van der Waals surface area contributed by atoms with E-state index in [9.17, 15) is 14.4 Å². The van der Waals surface area contributed by atoms with Crippen molar-refractivity contribution in [3.05, 3.63) is 85.6 Å². The van der Waals surface area contributed by atoms with Crippen LogP contribution in [0.25, 0.3) is 5.69 Å². The number of aromatic nitrogens is 3. The average Bonchev–Trinajstić information content (AvgIpc) is 3.35. The molecular weight excluding hydrogens is 448 g/mol. The van der Waals surface area contributed by atoms with Crippen molar-refractivity contribution in [3.8, 4) is 11.4 Å². The number of methoxy groups -OCH3 is 1. The number of carbonyl (C=O) groups excluding carboxylic acids is 1. The van der Waals surface area contributed by atoms with Gasteiger partial charge in [-0.25, -0.2) is 4.79 Å². The number of hydrogen-bond donors (Lipinski definition) is 1. The summed E-state index contributed by atoms with van der Waals surface area (Å²) >= 11 is 6.25. The Labute approximate surface area is 194 Å². The standard InChI is InChI=1S/C23H23ClN4O5/c1-32-17-8-4-7-16(12-17)28-23(31)27(14-15-6-2-3-10-19(15)24)22(30)20(26-28)21(29)25-13-18-9-5-11-33-18/h2-4,6-8,10,12,18H,5,9,11,13-14H2,1H3,(H,25,29)/t18-/m1/s1. The van der Waals surface area contributed by atoms with Gasteiger partial charge in [-0.1, -0.05) is 35.9 Å². The van der Waals surface area contributed by atoms with Gasteiger partial charge >= 0.3 is 5.69 Å². The predicted octanol–water partition coefficient (Wildman–Crippen LogP) is 2.01. The van der Waals surface area contributed by atoms with Crippen LogP contribution in [0.1, 0.15) is 28.9 Å². The summed E-state index contributed by atoms with van der Waals surface area (Å²) in [6, 6.07) is 13.5. The molecule has 4 rings (SSSR count). The largest absolute Gasteiger partial charge is 0.497 e. The van der Waals surface area contributed by atoms with Crippen LogP contribution in [0.5, 0.6) is 5.75 Å². The van der Waals surface area contributed by atoms with Crippen molar-refractivity contribution < 1.29 is 14.3 Å². The highest BCUT2D eigenvalue weighted by Gasteiger charge is 2.23. The van der Waals surface area contributed by atoms with Crippen molar-refractivity contribution in [2.24, 2.45) is 0 Å². The van der Waals surface area contributed by atoms with E-state index in [4.69, 9.17) is 21.1 Å². The van der Waals surface area contributed by atoms with Gasteiger partial charge in [0.1, 0.15) is 5.75 Å². The van der Waals surface area contributed by atoms with Crippen molar-refractivity contribution in [1.82, 2.24) is 19.7 Å². The first kappa shape index (κ1) is 22.8. The van der Waals surface area contributed by atoms with E-state index >= 15 is 0 Å². The van der Waals surface area contributed by atoms with Gasteiger partial charge in [0.05, 0.1) is 25.4 Å². The molecule has 2 aromatic carbocycles. The van der Waals surface area contributed by atoms with Crippen molar-refractivity contribution >= 4 is 17.5 Å². The second kappa shape index (κ2) is 10.0. The van der Waals surface area contributed by atoms with Crippen LogP contribution in [0.4, 0.5) is 0 Å². The molecule has 0 radical (unpaired) electrons. The Bertz CT molecular complexity index is 1280. The summed E-state index contributed by atoms with van der Waals surface area (Å²) in [5.74, 6) is -0.186. The minimum Gasteiger partial charge on any atom is -0.497 e. The first-order valence-electron chi connectivity index (χ1n) is 10.5. The number of halogens is 1. The fourth-order valence-corrected chi connectivity index (χ4v) is 3.80. The molecule has 9 nitrogen and oxygen atoms in total. The van der Waals surface area contributed by atoms with Gasteiger partial charge in [-0.15, -0.1) is 0 Å². The lowest BCUT2D eigenvalue weighted by molar-refractivity contribution is 0.0849. The minimum absolute atomic E-state index is 0.108. The molecule has 1 aromatic heterocycles. The summed E-state index contributed by atoms with van der Waals surface area (Å²) in [7, 11) is 1.50. The van der Waals surface area contributed by atoms with Crippen LogP contribution < -0.4 is 21.3 Å². The van der Waals surface area contributed by atoms with Gasteiger partial charge in [-0.05, 0) is 36.6 Å². The maximum atomic E-state index is 13.3. The molecule has 1 saturated heterocycles. The average molecular weight is 471 g/mol. The van der Waals surface area contributed by atoms with E-state index in [1.54, 1.807) is 48.5 Å². The Morgan fingerprint density at radius 3 is 2.79 bits per heavy atom. The smallest absolute Gasteiger partial charge is 0.352 e. The van der Waals surface area contributed by atoms with Crippen molar-refractivity contribution in [3.63, 3.8) is 0 Å². The van der Waals surface area contributed by atoms with Crippen LogP contribution in [0.2, 0.25) is 5.02 Å². The topological polar surface area (TPSA) is 104 Å². The van der Waals surface area contributed by atoms with E-state index in [-0.39, 0.29) is 19.2 Å². The Morgan fingerprint density at radius 2 is 2.06 bits per heavy atom. The maximum absolute atomic E-state index is 13.3. The quantitative estimate of drug-likeness (QED) is 0.566. The van der Waals surface area contributed by atoms with Crippen molar-refractivity contribution in [1.29, 1.82) is 0 Å². The molecule has 3 aromatic rings. The third kappa shape index (κ3) is 4.99. The zero-order valence-corrected chi connectivity index (χ0v) is 18.7. The number of benzene rings is 2. The molecule has 1 atom stereocenters. The molecule has 0 unspecified atom stereocenters. The van der Waals surface area contributed by atoms with Crippen LogP contribution >= 0.6 is 11.6 Å². The SMILES string of the molecule is COc1cccc(-n2nc(C(=O)NC[C@H]3CCCO3)c(=O)n(Cc3ccccc3Cl)c2=O)c1. The summed E-state index contributed by atoms with van der Waals surface area (Å²) in [5, 5.41) is 7.22. The fraction of sp³-hybridized carbons (Fsp3) is 0.304. The number of nitrogens with one attached hydrogen (secondary N) is 1. The molecule has 1 fully saturated rings. The van der Waals surface area contributed by atoms with Gasteiger partial charge in [0.25, 0.3) is 11.5 Å². The number of nitrogens with zero attached hydrogens (tertiary/aromatic N) is 3. The number of ether oxygens (including phenoxy) is 2. The Hall–Kier alpha value is -3.43. The molecule has 1 aliphatic rings. The monoisotopic (exact) mass is 470 g/mol. The predicted molar refractivity (Wildman–Crippen MR) is 123 cm³/mol. The lowest BCUT2D eigenvalue weighted by atomic mass is 10.2. The van der Waals surface area contributed by atoms with E-state index in [1.807, 2.05) is 0 Å². The van der Waals surface area contributed by atoms with E-state index in [1.165, 1.54) is 7.11 Å². The molecule has 1 N–H and O–H groups in total. The molecule has 0 aliphatic carbocycles. The van der Waals surface area contributed by atoms with Gasteiger partial charge < -0.3 is 14.8 Å². The van der Waals surface area contributed by atoms with Gasteiger partial charge in [-0.2, -0.15) is 9.78 Å². The summed E-state index contributed by atoms with van der Waals surface area (Å²) in [6.45, 7) is 0.781. The molecule has 0 bridgehead atoms. The molecule has 1 aliphatic heterocycles. The normalized spacial score (nSPS) is 15.4. The van der Waals surface area contributed by atoms with Crippen LogP contribution in [-0.2, 0) is 11.3 Å². The van der Waals surface area contributed by atoms with Gasteiger partial charge in [0.2, 0.25) is 5.69 Å². The fourth-order valence-electron chi connectivity index (χ4n) is 3.60. The van der Waals surface area contributed by atoms with E-state index in [0.717, 1.165) is 22.1 Å². The van der Waals surface area contributed by atoms with Crippen molar-refractivity contribution in [2.75, 3.05) is 20.3 Å². The van der Waals surface area contributed by atoms with Gasteiger partial charge in [0.15, 0.2) is 0 Å². The Morgan fingerprint density at radius 1 is 1.24 bits per heavy atom. The van der Waals surface area contributed by atoms with E-state index < -0.39 is 22.9 Å². The third-order valence-electron chi connectivity index (χ3n) is 5.37.